The molecule has 1 N–H and O–H groups in total. The van der Waals surface area contributed by atoms with E-state index in [0.717, 1.165) is 58.1 Å². The molecule has 0 aliphatic carbocycles. The number of furan rings is 1. The fraction of sp³-hybridized carbons (Fsp3) is 0.100. The molecule has 0 amide bonds. The van der Waals surface area contributed by atoms with Gasteiger partial charge in [-0.1, -0.05) is 96.9 Å². The van der Waals surface area contributed by atoms with E-state index in [1.807, 2.05) is 6.08 Å². The summed E-state index contributed by atoms with van der Waals surface area (Å²) in [6.07, 6.45) is 9.16. The summed E-state index contributed by atoms with van der Waals surface area (Å²) in [5.74, 6) is 3.39. The largest absolute Gasteiger partial charge is 0.454 e. The van der Waals surface area contributed by atoms with Crippen LogP contribution < -0.4 is 15.1 Å². The van der Waals surface area contributed by atoms with Crippen LogP contribution in [0.25, 0.3) is 39.3 Å². The highest BCUT2D eigenvalue weighted by molar-refractivity contribution is 6.11. The summed E-state index contributed by atoms with van der Waals surface area (Å²) in [7, 11) is 0. The van der Waals surface area contributed by atoms with Crippen LogP contribution in [-0.4, -0.2) is 13.2 Å². The second-order valence-corrected chi connectivity index (χ2v) is 11.4. The van der Waals surface area contributed by atoms with Crippen LogP contribution in [0.5, 0.6) is 0 Å². The third kappa shape index (κ3) is 4.13. The topological polar surface area (TPSA) is 31.7 Å². The van der Waals surface area contributed by atoms with Crippen LogP contribution in [-0.2, 0) is 0 Å². The first kappa shape index (κ1) is 26.2. The van der Waals surface area contributed by atoms with E-state index in [2.05, 4.69) is 143 Å². The molecule has 4 heteroatoms. The number of nitrogens with one attached hydrogen (secondary N) is 1. The van der Waals surface area contributed by atoms with Gasteiger partial charge in [0.2, 0.25) is 0 Å². The lowest BCUT2D eigenvalue weighted by Gasteiger charge is -2.30. The van der Waals surface area contributed by atoms with E-state index in [1.54, 1.807) is 6.08 Å². The third-order valence-electron chi connectivity index (χ3n) is 8.92. The number of anilines is 4. The Morgan fingerprint density at radius 1 is 0.795 bits per heavy atom. The second-order valence-electron chi connectivity index (χ2n) is 11.4. The monoisotopic (exact) mass is 569 g/mol. The highest BCUT2D eigenvalue weighted by atomic mass is 16.3. The molecule has 4 nitrogen and oxygen atoms in total. The van der Waals surface area contributed by atoms with Crippen molar-refractivity contribution in [3.63, 3.8) is 0 Å². The van der Waals surface area contributed by atoms with Crippen molar-refractivity contribution in [3.8, 4) is 34.6 Å². The van der Waals surface area contributed by atoms with Crippen molar-refractivity contribution >= 4 is 39.8 Å². The number of para-hydroxylation sites is 1. The number of nitrogens with zero attached hydrogens (tertiary/aromatic N) is 2. The normalized spacial score (nSPS) is 15.6. The molecule has 2 aliphatic rings. The Balaban J connectivity index is 1.39. The Morgan fingerprint density at radius 2 is 1.52 bits per heavy atom. The van der Waals surface area contributed by atoms with E-state index >= 15 is 0 Å². The molecule has 8 rings (SSSR count). The standard InChI is InChI=1S/C40H31N3O/c1-3-4-21-38-27(2)31-22-23-35-33-18-9-8-17-32(33)34-19-10-11-20-36(34)43(39(35)40(31)44-38)30-16-12-15-29(24-30)42-26-41-25-37(42)28-13-6-5-7-14-28/h1,4-24,37,41H,25-26H2,2H3/b21-4-. The fourth-order valence-electron chi connectivity index (χ4n) is 6.85. The van der Waals surface area contributed by atoms with E-state index in [0.29, 0.717) is 0 Å². The minimum Gasteiger partial charge on any atom is -0.454 e. The molecule has 0 spiro atoms. The van der Waals surface area contributed by atoms with Crippen LogP contribution in [0.1, 0.15) is 22.9 Å². The van der Waals surface area contributed by atoms with Crippen LogP contribution in [0.4, 0.5) is 22.7 Å². The summed E-state index contributed by atoms with van der Waals surface area (Å²) in [5.41, 5.74) is 12.3. The Morgan fingerprint density at radius 3 is 2.34 bits per heavy atom. The van der Waals surface area contributed by atoms with Gasteiger partial charge in [-0.05, 0) is 60.0 Å². The van der Waals surface area contributed by atoms with Crippen molar-refractivity contribution in [1.82, 2.24) is 5.32 Å². The molecule has 0 bridgehead atoms. The van der Waals surface area contributed by atoms with Crippen molar-refractivity contribution in [2.75, 3.05) is 23.0 Å². The number of benzene rings is 5. The van der Waals surface area contributed by atoms with Gasteiger partial charge in [0.15, 0.2) is 5.58 Å². The van der Waals surface area contributed by atoms with E-state index in [-0.39, 0.29) is 6.04 Å². The van der Waals surface area contributed by atoms with Crippen LogP contribution in [0, 0.1) is 19.3 Å². The van der Waals surface area contributed by atoms with Crippen LogP contribution >= 0.6 is 0 Å². The number of terminal acetylenes is 1. The second kappa shape index (κ2) is 10.6. The van der Waals surface area contributed by atoms with Gasteiger partial charge in [-0.2, -0.15) is 0 Å². The quantitative estimate of drug-likeness (QED) is 0.214. The minimum atomic E-state index is 0.254. The molecular formula is C40H31N3O. The number of allylic oxidation sites excluding steroid dienone is 1. The third-order valence-corrected chi connectivity index (χ3v) is 8.92. The molecular weight excluding hydrogens is 538 g/mol. The maximum absolute atomic E-state index is 6.70. The zero-order chi connectivity index (χ0) is 29.6. The molecule has 1 aromatic heterocycles. The van der Waals surface area contributed by atoms with Crippen LogP contribution in [0.15, 0.2) is 126 Å². The van der Waals surface area contributed by atoms with Crippen molar-refractivity contribution in [2.24, 2.45) is 0 Å². The van der Waals surface area contributed by atoms with Crippen molar-refractivity contribution in [3.05, 3.63) is 138 Å². The smallest absolute Gasteiger partial charge is 0.159 e. The summed E-state index contributed by atoms with van der Waals surface area (Å²) < 4.78 is 6.70. The van der Waals surface area contributed by atoms with Gasteiger partial charge in [0.1, 0.15) is 5.76 Å². The van der Waals surface area contributed by atoms with Gasteiger partial charge < -0.3 is 14.2 Å². The van der Waals surface area contributed by atoms with Crippen molar-refractivity contribution in [2.45, 2.75) is 13.0 Å². The van der Waals surface area contributed by atoms with Crippen LogP contribution in [0.2, 0.25) is 0 Å². The van der Waals surface area contributed by atoms with Gasteiger partial charge in [0.05, 0.1) is 24.1 Å². The molecule has 1 fully saturated rings. The summed E-state index contributed by atoms with van der Waals surface area (Å²) in [4.78, 5) is 4.84. The predicted octanol–water partition coefficient (Wildman–Crippen LogP) is 9.61. The highest BCUT2D eigenvalue weighted by Gasteiger charge is 2.31. The number of hydrogen-bond acceptors (Lipinski definition) is 4. The zero-order valence-electron chi connectivity index (χ0n) is 24.5. The molecule has 0 radical (unpaired) electrons. The number of hydrogen-bond donors (Lipinski definition) is 1. The summed E-state index contributed by atoms with van der Waals surface area (Å²) in [5, 5.41) is 4.67. The Hall–Kier alpha value is -5.50. The molecule has 1 unspecified atom stereocenters. The van der Waals surface area contributed by atoms with Crippen LogP contribution in [0.3, 0.4) is 0 Å². The Labute approximate surface area is 257 Å². The average Bonchev–Trinajstić information content (AvgIpc) is 3.67. The first-order valence-electron chi connectivity index (χ1n) is 15.0. The molecule has 1 atom stereocenters. The molecule has 0 saturated carbocycles. The first-order valence-corrected chi connectivity index (χ1v) is 15.0. The maximum Gasteiger partial charge on any atom is 0.159 e. The predicted molar refractivity (Wildman–Crippen MR) is 182 cm³/mol. The number of rotatable bonds is 4. The maximum atomic E-state index is 6.70. The average molecular weight is 570 g/mol. The molecule has 5 aromatic carbocycles. The summed E-state index contributed by atoms with van der Waals surface area (Å²) in [6.45, 7) is 3.79. The SMILES string of the molecule is C#C/C=C\c1oc2c3c(ccc2c1C)-c1ccccc1-c1ccccc1N3c1cccc(N2CNCC2c2ccccc2)c1. The fourth-order valence-corrected chi connectivity index (χ4v) is 6.85. The van der Waals surface area contributed by atoms with Crippen molar-refractivity contribution < 1.29 is 4.42 Å². The van der Waals surface area contributed by atoms with E-state index in [1.165, 1.54) is 27.9 Å². The van der Waals surface area contributed by atoms with E-state index in [4.69, 9.17) is 10.8 Å². The molecule has 44 heavy (non-hydrogen) atoms. The van der Waals surface area contributed by atoms with E-state index < -0.39 is 0 Å². The Kier molecular flexibility index (Phi) is 6.33. The first-order chi connectivity index (χ1) is 21.7. The number of fused-ring (bicyclic) bond motifs is 7. The van der Waals surface area contributed by atoms with Gasteiger partial charge in [-0.15, -0.1) is 6.42 Å². The zero-order valence-corrected chi connectivity index (χ0v) is 24.5. The molecule has 6 aromatic rings. The molecule has 2 aliphatic heterocycles. The molecule has 1 saturated heterocycles. The van der Waals surface area contributed by atoms with E-state index in [9.17, 15) is 0 Å². The van der Waals surface area contributed by atoms with Gasteiger partial charge in [-0.3, -0.25) is 5.32 Å². The lowest BCUT2D eigenvalue weighted by molar-refractivity contribution is 0.601. The summed E-state index contributed by atoms with van der Waals surface area (Å²) >= 11 is 0. The van der Waals surface area contributed by atoms with Gasteiger partial charge >= 0.3 is 0 Å². The molecule has 3 heterocycles. The highest BCUT2D eigenvalue weighted by Crippen LogP contribution is 2.54. The Bertz CT molecular complexity index is 2100. The minimum absolute atomic E-state index is 0.254. The number of aryl methyl sites for hydroxylation is 1. The van der Waals surface area contributed by atoms with Gasteiger partial charge in [0, 0.05) is 40.0 Å². The van der Waals surface area contributed by atoms with Gasteiger partial charge in [0.25, 0.3) is 0 Å². The summed E-state index contributed by atoms with van der Waals surface area (Å²) in [6, 6.07) is 41.7. The van der Waals surface area contributed by atoms with Crippen molar-refractivity contribution in [1.29, 1.82) is 0 Å². The molecule has 212 valence electrons. The lowest BCUT2D eigenvalue weighted by atomic mass is 9.94. The van der Waals surface area contributed by atoms with Gasteiger partial charge in [-0.25, -0.2) is 0 Å². The lowest BCUT2D eigenvalue weighted by Crippen LogP contribution is -2.24.